The van der Waals surface area contributed by atoms with Crippen molar-refractivity contribution in [1.29, 1.82) is 0 Å². The maximum Gasteiger partial charge on any atom is 0.163 e. The molecular weight excluding hydrogens is 216 g/mol. The highest BCUT2D eigenvalue weighted by atomic mass is 16.7. The topological polar surface area (TPSA) is 77.4 Å². The zero-order valence-electron chi connectivity index (χ0n) is 9.08. The van der Waals surface area contributed by atoms with Gasteiger partial charge in [0.1, 0.15) is 12.9 Å². The van der Waals surface area contributed by atoms with Gasteiger partial charge in [-0.2, -0.15) is 0 Å². The van der Waals surface area contributed by atoms with Crippen molar-refractivity contribution in [3.8, 4) is 0 Å². The smallest absolute Gasteiger partial charge is 0.163 e. The first-order valence-corrected chi connectivity index (χ1v) is 5.52. The van der Waals surface area contributed by atoms with Crippen LogP contribution in [0.5, 0.6) is 0 Å². The molecule has 0 amide bonds. The second-order valence-corrected chi connectivity index (χ2v) is 4.11. The molecule has 6 nitrogen and oxygen atoms in total. The molecule has 3 rings (SSSR count). The van der Waals surface area contributed by atoms with E-state index in [1.807, 2.05) is 0 Å². The number of fused-ring (bicyclic) bond motifs is 1. The molecule has 2 N–H and O–H groups in total. The van der Waals surface area contributed by atoms with Gasteiger partial charge in [-0.3, -0.25) is 0 Å². The van der Waals surface area contributed by atoms with Crippen LogP contribution in [0.4, 0.5) is 0 Å². The Balaban J connectivity index is 0.000000125. The highest BCUT2D eigenvalue weighted by Gasteiger charge is 2.40. The Hall–Kier alpha value is -0.240. The third kappa shape index (κ3) is 3.13. The molecule has 0 aromatic rings. The first kappa shape index (κ1) is 12.2. The fourth-order valence-corrected chi connectivity index (χ4v) is 1.92. The Bertz CT molecular complexity index is 205. The Kier molecular flexibility index (Phi) is 4.51. The third-order valence-electron chi connectivity index (χ3n) is 2.80. The highest BCUT2D eigenvalue weighted by Crippen LogP contribution is 2.30. The molecule has 3 heterocycles. The molecule has 0 aromatic carbocycles. The van der Waals surface area contributed by atoms with E-state index in [-0.39, 0.29) is 18.3 Å². The normalized spacial score (nSPS) is 39.0. The molecule has 0 aliphatic carbocycles. The van der Waals surface area contributed by atoms with Gasteiger partial charge in [-0.05, 0) is 6.42 Å². The van der Waals surface area contributed by atoms with Crippen molar-refractivity contribution < 1.29 is 29.2 Å². The number of aliphatic hydroxyl groups excluding tert-OH is 2. The summed E-state index contributed by atoms with van der Waals surface area (Å²) in [4.78, 5) is 0. The molecule has 3 saturated heterocycles. The minimum Gasteiger partial charge on any atom is -0.390 e. The predicted molar refractivity (Wildman–Crippen MR) is 52.6 cm³/mol. The predicted octanol–water partition coefficient (Wildman–Crippen LogP) is -0.908. The lowest BCUT2D eigenvalue weighted by atomic mass is 10.0. The SMILES string of the molecule is OC1COCOC1.O[C@H]1CO[C@H]2OCC[C@H]21. The molecule has 0 saturated carbocycles. The minimum atomic E-state index is -0.409. The number of ether oxygens (including phenoxy) is 4. The van der Waals surface area contributed by atoms with E-state index >= 15 is 0 Å². The van der Waals surface area contributed by atoms with Gasteiger partial charge in [0, 0.05) is 5.92 Å². The van der Waals surface area contributed by atoms with Gasteiger partial charge in [-0.25, -0.2) is 0 Å². The van der Waals surface area contributed by atoms with E-state index in [0.717, 1.165) is 13.0 Å². The van der Waals surface area contributed by atoms with Crippen LogP contribution in [0.2, 0.25) is 0 Å². The van der Waals surface area contributed by atoms with Crippen LogP contribution in [-0.2, 0) is 18.9 Å². The Labute approximate surface area is 94.1 Å². The summed E-state index contributed by atoms with van der Waals surface area (Å²) in [5, 5.41) is 17.9. The Morgan fingerprint density at radius 3 is 2.25 bits per heavy atom. The summed E-state index contributed by atoms with van der Waals surface area (Å²) in [5.41, 5.74) is 0. The number of aliphatic hydroxyl groups is 2. The van der Waals surface area contributed by atoms with E-state index < -0.39 is 6.10 Å². The quantitative estimate of drug-likeness (QED) is 0.565. The summed E-state index contributed by atoms with van der Waals surface area (Å²) in [6.45, 7) is 2.36. The lowest BCUT2D eigenvalue weighted by Gasteiger charge is -2.16. The number of hydrogen-bond acceptors (Lipinski definition) is 6. The summed E-state index contributed by atoms with van der Waals surface area (Å²) in [7, 11) is 0. The van der Waals surface area contributed by atoms with E-state index in [2.05, 4.69) is 0 Å². The molecule has 3 aliphatic heterocycles. The van der Waals surface area contributed by atoms with Crippen LogP contribution in [0.3, 0.4) is 0 Å². The average molecular weight is 234 g/mol. The third-order valence-corrected chi connectivity index (χ3v) is 2.80. The summed E-state index contributed by atoms with van der Waals surface area (Å²) < 4.78 is 19.7. The molecule has 0 unspecified atom stereocenters. The Morgan fingerprint density at radius 2 is 1.69 bits per heavy atom. The van der Waals surface area contributed by atoms with Crippen molar-refractivity contribution in [3.05, 3.63) is 0 Å². The molecule has 3 fully saturated rings. The van der Waals surface area contributed by atoms with E-state index in [1.165, 1.54) is 0 Å². The lowest BCUT2D eigenvalue weighted by Crippen LogP contribution is -2.28. The first-order valence-electron chi connectivity index (χ1n) is 5.52. The van der Waals surface area contributed by atoms with Crippen molar-refractivity contribution in [2.24, 2.45) is 5.92 Å². The van der Waals surface area contributed by atoms with E-state index in [0.29, 0.717) is 26.6 Å². The molecule has 0 bridgehead atoms. The maximum absolute atomic E-state index is 9.19. The van der Waals surface area contributed by atoms with Crippen LogP contribution >= 0.6 is 0 Å². The van der Waals surface area contributed by atoms with Gasteiger partial charge in [0.2, 0.25) is 0 Å². The lowest BCUT2D eigenvalue weighted by molar-refractivity contribution is -0.150. The van der Waals surface area contributed by atoms with Crippen molar-refractivity contribution >= 4 is 0 Å². The van der Waals surface area contributed by atoms with E-state index in [4.69, 9.17) is 24.1 Å². The van der Waals surface area contributed by atoms with E-state index in [9.17, 15) is 5.11 Å². The Morgan fingerprint density at radius 1 is 0.938 bits per heavy atom. The molecular formula is C10H18O6. The molecule has 3 atom stereocenters. The van der Waals surface area contributed by atoms with Gasteiger partial charge in [0.25, 0.3) is 0 Å². The first-order chi connectivity index (χ1) is 7.77. The number of rotatable bonds is 0. The largest absolute Gasteiger partial charge is 0.390 e. The summed E-state index contributed by atoms with van der Waals surface area (Å²) in [5.74, 6) is 0.255. The second-order valence-electron chi connectivity index (χ2n) is 4.11. The van der Waals surface area contributed by atoms with Gasteiger partial charge in [0.15, 0.2) is 6.29 Å². The zero-order chi connectivity index (χ0) is 11.4. The number of hydrogen-bond donors (Lipinski definition) is 2. The maximum atomic E-state index is 9.19. The average Bonchev–Trinajstić information content (AvgIpc) is 2.87. The molecule has 94 valence electrons. The summed E-state index contributed by atoms with van der Waals surface area (Å²) in [6.07, 6.45) is 0.164. The molecule has 3 aliphatic rings. The standard InChI is InChI=1S/C6H10O3.C4H8O3/c7-5-3-9-6-4(5)1-2-8-6;5-4-1-6-3-7-2-4/h4-7H,1-3H2;4-5H,1-3H2/t4-,5-,6+;/m0./s1. The second kappa shape index (κ2) is 5.90. The van der Waals surface area contributed by atoms with Gasteiger partial charge in [-0.1, -0.05) is 0 Å². The fourth-order valence-electron chi connectivity index (χ4n) is 1.92. The molecule has 0 aromatic heterocycles. The summed E-state index contributed by atoms with van der Waals surface area (Å²) in [6, 6.07) is 0. The van der Waals surface area contributed by atoms with Gasteiger partial charge in [-0.15, -0.1) is 0 Å². The van der Waals surface area contributed by atoms with E-state index in [1.54, 1.807) is 0 Å². The minimum absolute atomic E-state index is 0.0972. The van der Waals surface area contributed by atoms with Crippen molar-refractivity contribution in [3.63, 3.8) is 0 Å². The van der Waals surface area contributed by atoms with Crippen molar-refractivity contribution in [1.82, 2.24) is 0 Å². The van der Waals surface area contributed by atoms with Crippen molar-refractivity contribution in [2.45, 2.75) is 24.9 Å². The van der Waals surface area contributed by atoms with Crippen molar-refractivity contribution in [2.75, 3.05) is 33.2 Å². The van der Waals surface area contributed by atoms with Gasteiger partial charge >= 0.3 is 0 Å². The molecule has 16 heavy (non-hydrogen) atoms. The van der Waals surface area contributed by atoms with Crippen LogP contribution in [0.25, 0.3) is 0 Å². The molecule has 0 radical (unpaired) electrons. The molecule has 6 heteroatoms. The monoisotopic (exact) mass is 234 g/mol. The van der Waals surface area contributed by atoms with Crippen LogP contribution < -0.4 is 0 Å². The molecule has 0 spiro atoms. The van der Waals surface area contributed by atoms with Crippen LogP contribution in [0.15, 0.2) is 0 Å². The zero-order valence-corrected chi connectivity index (χ0v) is 9.08. The summed E-state index contributed by atoms with van der Waals surface area (Å²) >= 11 is 0. The highest BCUT2D eigenvalue weighted by molar-refractivity contribution is 4.81. The van der Waals surface area contributed by atoms with Crippen LogP contribution in [-0.4, -0.2) is 61.9 Å². The fraction of sp³-hybridized carbons (Fsp3) is 1.00. The van der Waals surface area contributed by atoms with Gasteiger partial charge < -0.3 is 29.2 Å². The van der Waals surface area contributed by atoms with Crippen LogP contribution in [0.1, 0.15) is 6.42 Å². The van der Waals surface area contributed by atoms with Crippen LogP contribution in [0, 0.1) is 5.92 Å². The van der Waals surface area contributed by atoms with Gasteiger partial charge in [0.05, 0.1) is 32.5 Å².